The van der Waals surface area contributed by atoms with Crippen LogP contribution >= 0.6 is 31.9 Å². The number of anilines is 1. The normalized spacial score (nSPS) is 12.3. The number of benzene rings is 4. The van der Waals surface area contributed by atoms with Gasteiger partial charge >= 0.3 is 5.97 Å². The summed E-state index contributed by atoms with van der Waals surface area (Å²) in [6.45, 7) is 0. The fourth-order valence-corrected chi connectivity index (χ4v) is 4.45. The third-order valence-electron chi connectivity index (χ3n) is 5.40. The van der Waals surface area contributed by atoms with Gasteiger partial charge in [0.05, 0.1) is 10.4 Å². The quantitative estimate of drug-likeness (QED) is 0.130. The molecular weight excluding hydrogens is 586 g/mol. The average Bonchev–Trinajstić information content (AvgIpc) is 2.92. The number of hydrogen-bond donors (Lipinski definition) is 1. The monoisotopic (exact) mass is 605 g/mol. The van der Waals surface area contributed by atoms with Crippen molar-refractivity contribution in [1.82, 2.24) is 0 Å². The van der Waals surface area contributed by atoms with E-state index in [2.05, 4.69) is 37.2 Å². The van der Waals surface area contributed by atoms with Crippen molar-refractivity contribution >= 4 is 55.2 Å². The standard InChI is InChI=1S/C29H21Br2NO4/c30-23-16-14-21(15-17-23)28(34)32-24-13-7-12-22(18-24)29(35)36-27(25(31)19-8-3-1-4-9-19)26(33)20-10-5-2-6-11-20/h1-18,25,27H,(H,32,34)/t25-,27-/m0/s1. The molecule has 36 heavy (non-hydrogen) atoms. The zero-order chi connectivity index (χ0) is 25.5. The Hall–Kier alpha value is -3.55. The minimum Gasteiger partial charge on any atom is -0.449 e. The molecule has 0 aliphatic rings. The number of nitrogens with one attached hydrogen (secondary N) is 1. The molecule has 0 fully saturated rings. The van der Waals surface area contributed by atoms with Crippen molar-refractivity contribution in [3.8, 4) is 0 Å². The molecule has 1 amide bonds. The summed E-state index contributed by atoms with van der Waals surface area (Å²) in [6, 6.07) is 31.4. The number of hydrogen-bond acceptors (Lipinski definition) is 4. The molecule has 4 aromatic rings. The van der Waals surface area contributed by atoms with Gasteiger partial charge in [-0.05, 0) is 48.0 Å². The van der Waals surface area contributed by atoms with E-state index in [9.17, 15) is 14.4 Å². The smallest absolute Gasteiger partial charge is 0.338 e. The molecule has 0 saturated heterocycles. The largest absolute Gasteiger partial charge is 0.449 e. The van der Waals surface area contributed by atoms with E-state index in [0.29, 0.717) is 16.8 Å². The molecule has 4 rings (SSSR count). The first-order chi connectivity index (χ1) is 17.4. The van der Waals surface area contributed by atoms with Crippen molar-refractivity contribution in [2.45, 2.75) is 10.9 Å². The number of carbonyl (C=O) groups is 3. The highest BCUT2D eigenvalue weighted by Gasteiger charge is 2.32. The van der Waals surface area contributed by atoms with Crippen molar-refractivity contribution in [1.29, 1.82) is 0 Å². The van der Waals surface area contributed by atoms with Crippen molar-refractivity contribution in [2.75, 3.05) is 5.32 Å². The molecule has 0 saturated carbocycles. The van der Waals surface area contributed by atoms with E-state index in [1.165, 1.54) is 6.07 Å². The lowest BCUT2D eigenvalue weighted by Gasteiger charge is -2.22. The summed E-state index contributed by atoms with van der Waals surface area (Å²) in [6.07, 6.45) is -1.11. The molecule has 0 aliphatic carbocycles. The second kappa shape index (κ2) is 11.9. The number of rotatable bonds is 8. The predicted octanol–water partition coefficient (Wildman–Crippen LogP) is 7.25. The molecular formula is C29H21Br2NO4. The summed E-state index contributed by atoms with van der Waals surface area (Å²) in [5.74, 6) is -1.31. The van der Waals surface area contributed by atoms with Crippen molar-refractivity contribution in [2.24, 2.45) is 0 Å². The van der Waals surface area contributed by atoms with Crippen LogP contribution in [0, 0.1) is 0 Å². The molecule has 0 bridgehead atoms. The number of ether oxygens (including phenoxy) is 1. The molecule has 0 aromatic heterocycles. The summed E-state index contributed by atoms with van der Waals surface area (Å²) < 4.78 is 6.64. The minimum absolute atomic E-state index is 0.210. The summed E-state index contributed by atoms with van der Waals surface area (Å²) >= 11 is 6.92. The minimum atomic E-state index is -1.11. The van der Waals surface area contributed by atoms with Crippen LogP contribution in [0.2, 0.25) is 0 Å². The van der Waals surface area contributed by atoms with E-state index in [1.807, 2.05) is 36.4 Å². The van der Waals surface area contributed by atoms with E-state index >= 15 is 0 Å². The van der Waals surface area contributed by atoms with E-state index in [4.69, 9.17) is 4.74 Å². The Bertz CT molecular complexity index is 1360. The van der Waals surface area contributed by atoms with Crippen LogP contribution < -0.4 is 5.32 Å². The number of ketones is 1. The Morgan fingerprint density at radius 2 is 1.31 bits per heavy atom. The van der Waals surface area contributed by atoms with Gasteiger partial charge in [-0.2, -0.15) is 0 Å². The Morgan fingerprint density at radius 3 is 1.97 bits per heavy atom. The van der Waals surface area contributed by atoms with Crippen LogP contribution in [-0.2, 0) is 4.74 Å². The Morgan fingerprint density at radius 1 is 0.694 bits per heavy atom. The number of amides is 1. The number of alkyl halides is 1. The molecule has 0 heterocycles. The average molecular weight is 607 g/mol. The van der Waals surface area contributed by atoms with Gasteiger partial charge < -0.3 is 10.1 Å². The van der Waals surface area contributed by atoms with Gasteiger partial charge in [0.15, 0.2) is 6.10 Å². The SMILES string of the molecule is O=C(Nc1cccc(C(=O)O[C@H](C(=O)c2ccccc2)[C@@H](Br)c2ccccc2)c1)c1ccc(Br)cc1. The van der Waals surface area contributed by atoms with Crippen LogP contribution in [0.15, 0.2) is 114 Å². The van der Waals surface area contributed by atoms with Gasteiger partial charge in [-0.1, -0.05) is 98.6 Å². The van der Waals surface area contributed by atoms with Crippen molar-refractivity contribution < 1.29 is 19.1 Å². The predicted molar refractivity (Wildman–Crippen MR) is 147 cm³/mol. The molecule has 0 radical (unpaired) electrons. The maximum absolute atomic E-state index is 13.4. The first-order valence-corrected chi connectivity index (χ1v) is 12.8. The maximum atomic E-state index is 13.4. The highest BCUT2D eigenvalue weighted by Crippen LogP contribution is 2.31. The van der Waals surface area contributed by atoms with Crippen LogP contribution in [0.25, 0.3) is 0 Å². The highest BCUT2D eigenvalue weighted by atomic mass is 79.9. The second-order valence-electron chi connectivity index (χ2n) is 7.91. The van der Waals surface area contributed by atoms with Gasteiger partial charge in [0.2, 0.25) is 5.78 Å². The zero-order valence-electron chi connectivity index (χ0n) is 18.9. The Labute approximate surface area is 225 Å². The number of halogens is 2. The highest BCUT2D eigenvalue weighted by molar-refractivity contribution is 9.10. The fraction of sp³-hybridized carbons (Fsp3) is 0.0690. The molecule has 0 spiro atoms. The van der Waals surface area contributed by atoms with Crippen molar-refractivity contribution in [3.63, 3.8) is 0 Å². The van der Waals surface area contributed by atoms with Crippen LogP contribution in [0.3, 0.4) is 0 Å². The van der Waals surface area contributed by atoms with Gasteiger partial charge in [-0.25, -0.2) is 4.79 Å². The first-order valence-electron chi connectivity index (χ1n) is 11.1. The summed E-state index contributed by atoms with van der Waals surface area (Å²) in [5.41, 5.74) is 2.36. The Balaban J connectivity index is 1.55. The van der Waals surface area contributed by atoms with Gasteiger partial charge in [0.25, 0.3) is 5.91 Å². The molecule has 1 N–H and O–H groups in total. The molecule has 5 nitrogen and oxygen atoms in total. The van der Waals surface area contributed by atoms with Gasteiger partial charge in [-0.3, -0.25) is 9.59 Å². The summed E-state index contributed by atoms with van der Waals surface area (Å²) in [5, 5.41) is 2.79. The Kier molecular flexibility index (Phi) is 8.46. The number of carbonyl (C=O) groups excluding carboxylic acids is 3. The molecule has 2 atom stereocenters. The molecule has 0 aliphatic heterocycles. The molecule has 4 aromatic carbocycles. The van der Waals surface area contributed by atoms with Crippen LogP contribution in [0.4, 0.5) is 5.69 Å². The molecule has 7 heteroatoms. The van der Waals surface area contributed by atoms with E-state index in [1.54, 1.807) is 66.7 Å². The fourth-order valence-electron chi connectivity index (χ4n) is 3.54. The van der Waals surface area contributed by atoms with Gasteiger partial charge in [0.1, 0.15) is 0 Å². The molecule has 0 unspecified atom stereocenters. The maximum Gasteiger partial charge on any atom is 0.338 e. The summed E-state index contributed by atoms with van der Waals surface area (Å²) in [4.78, 5) is 38.5. The van der Waals surface area contributed by atoms with E-state index in [-0.39, 0.29) is 17.3 Å². The van der Waals surface area contributed by atoms with E-state index in [0.717, 1.165) is 10.0 Å². The lowest BCUT2D eigenvalue weighted by molar-refractivity contribution is 0.0282. The number of Topliss-reactive ketones (excluding diaryl/α,β-unsaturated/α-hetero) is 1. The molecule has 180 valence electrons. The van der Waals surface area contributed by atoms with E-state index < -0.39 is 16.9 Å². The third kappa shape index (κ3) is 6.36. The van der Waals surface area contributed by atoms with Crippen LogP contribution in [0.1, 0.15) is 41.5 Å². The van der Waals surface area contributed by atoms with Gasteiger partial charge in [0, 0.05) is 21.3 Å². The summed E-state index contributed by atoms with van der Waals surface area (Å²) in [7, 11) is 0. The lowest BCUT2D eigenvalue weighted by Crippen LogP contribution is -2.31. The third-order valence-corrected chi connectivity index (χ3v) is 6.93. The van der Waals surface area contributed by atoms with Crippen LogP contribution in [-0.4, -0.2) is 23.8 Å². The lowest BCUT2D eigenvalue weighted by atomic mass is 9.99. The van der Waals surface area contributed by atoms with Gasteiger partial charge in [-0.15, -0.1) is 0 Å². The van der Waals surface area contributed by atoms with Crippen LogP contribution in [0.5, 0.6) is 0 Å². The second-order valence-corrected chi connectivity index (χ2v) is 9.81. The van der Waals surface area contributed by atoms with Crippen molar-refractivity contribution in [3.05, 3.63) is 136 Å². The zero-order valence-corrected chi connectivity index (χ0v) is 22.1. The number of esters is 1. The first kappa shape index (κ1) is 25.5. The topological polar surface area (TPSA) is 72.5 Å².